The van der Waals surface area contributed by atoms with Gasteiger partial charge in [0.1, 0.15) is 17.4 Å². The molecule has 3 heteroatoms. The van der Waals surface area contributed by atoms with Gasteiger partial charge in [0.25, 0.3) is 0 Å². The van der Waals surface area contributed by atoms with E-state index in [-0.39, 0.29) is 11.0 Å². The van der Waals surface area contributed by atoms with Crippen molar-refractivity contribution >= 4 is 11.0 Å². The second-order valence-electron chi connectivity index (χ2n) is 6.97. The second kappa shape index (κ2) is 4.09. The van der Waals surface area contributed by atoms with Crippen LogP contribution >= 0.6 is 0 Å². The zero-order chi connectivity index (χ0) is 14.4. The summed E-state index contributed by atoms with van der Waals surface area (Å²) in [6.45, 7) is 12.7. The minimum Gasteiger partial charge on any atom is -0.311 e. The molecule has 0 unspecified atom stereocenters. The molecular weight excluding hydrogens is 234 g/mol. The number of fused-ring (bicyclic) bond motifs is 1. The molecule has 0 spiro atoms. The average Bonchev–Trinajstić information content (AvgIpc) is 2.61. The monoisotopic (exact) mass is 255 g/mol. The van der Waals surface area contributed by atoms with E-state index in [0.717, 1.165) is 22.3 Å². The van der Waals surface area contributed by atoms with Gasteiger partial charge in [0.2, 0.25) is 0 Å². The summed E-state index contributed by atoms with van der Waals surface area (Å²) in [6, 6.07) is 6.39. The summed E-state index contributed by atoms with van der Waals surface area (Å²) < 4.78 is 2.06. The maximum Gasteiger partial charge on any atom is 0.141 e. The summed E-state index contributed by atoms with van der Waals surface area (Å²) in [6.07, 6.45) is 1.79. The quantitative estimate of drug-likeness (QED) is 0.715. The zero-order valence-electron chi connectivity index (χ0n) is 12.6. The highest BCUT2D eigenvalue weighted by Crippen LogP contribution is 2.37. The lowest BCUT2D eigenvalue weighted by molar-refractivity contribution is 0.402. The first-order valence-corrected chi connectivity index (χ1v) is 6.58. The van der Waals surface area contributed by atoms with Crippen LogP contribution in [0.5, 0.6) is 0 Å². The fraction of sp³-hybridized carbons (Fsp3) is 0.500. The van der Waals surface area contributed by atoms with Gasteiger partial charge in [-0.25, -0.2) is 4.98 Å². The highest BCUT2D eigenvalue weighted by atomic mass is 15.1. The van der Waals surface area contributed by atoms with Crippen LogP contribution in [-0.2, 0) is 11.0 Å². The number of hydrogen-bond donors (Lipinski definition) is 0. The van der Waals surface area contributed by atoms with Crippen LogP contribution in [0.1, 0.15) is 52.8 Å². The van der Waals surface area contributed by atoms with Crippen LogP contribution < -0.4 is 0 Å². The Morgan fingerprint density at radius 1 is 1.16 bits per heavy atom. The van der Waals surface area contributed by atoms with E-state index < -0.39 is 0 Å². The molecule has 0 atom stereocenters. The topological polar surface area (TPSA) is 41.6 Å². The van der Waals surface area contributed by atoms with Gasteiger partial charge in [0, 0.05) is 22.7 Å². The number of aromatic nitrogens is 2. The van der Waals surface area contributed by atoms with Crippen LogP contribution in [0.4, 0.5) is 0 Å². The maximum atomic E-state index is 9.63. The summed E-state index contributed by atoms with van der Waals surface area (Å²) in [5, 5.41) is 10.7. The molecule has 0 fully saturated rings. The van der Waals surface area contributed by atoms with Gasteiger partial charge in [-0.15, -0.1) is 0 Å². The van der Waals surface area contributed by atoms with Gasteiger partial charge < -0.3 is 4.57 Å². The third-order valence-electron chi connectivity index (χ3n) is 3.25. The van der Waals surface area contributed by atoms with Crippen LogP contribution in [0.3, 0.4) is 0 Å². The molecule has 0 bridgehead atoms. The van der Waals surface area contributed by atoms with E-state index in [9.17, 15) is 5.26 Å². The Bertz CT molecular complexity index is 607. The molecule has 100 valence electrons. The second-order valence-corrected chi connectivity index (χ2v) is 6.97. The average molecular weight is 255 g/mol. The predicted octanol–water partition coefficient (Wildman–Crippen LogP) is 3.96. The Morgan fingerprint density at radius 3 is 2.26 bits per heavy atom. The van der Waals surface area contributed by atoms with Gasteiger partial charge in [-0.1, -0.05) is 20.8 Å². The molecule has 19 heavy (non-hydrogen) atoms. The molecule has 0 saturated heterocycles. The van der Waals surface area contributed by atoms with Crippen LogP contribution in [0.15, 0.2) is 18.3 Å². The lowest BCUT2D eigenvalue weighted by atomic mass is 9.85. The van der Waals surface area contributed by atoms with E-state index in [2.05, 4.69) is 63.2 Å². The van der Waals surface area contributed by atoms with E-state index in [4.69, 9.17) is 0 Å². The summed E-state index contributed by atoms with van der Waals surface area (Å²) >= 11 is 0. The van der Waals surface area contributed by atoms with Crippen molar-refractivity contribution in [3.05, 3.63) is 29.6 Å². The third-order valence-corrected chi connectivity index (χ3v) is 3.25. The van der Waals surface area contributed by atoms with Gasteiger partial charge in [0.15, 0.2) is 0 Å². The van der Waals surface area contributed by atoms with Crippen molar-refractivity contribution < 1.29 is 0 Å². The fourth-order valence-electron chi connectivity index (χ4n) is 2.63. The Labute approximate surface area is 114 Å². The number of nitrogens with zero attached hydrogens (tertiary/aromatic N) is 3. The molecule has 2 heterocycles. The Hall–Kier alpha value is -1.82. The van der Waals surface area contributed by atoms with E-state index in [1.807, 2.05) is 6.07 Å². The lowest BCUT2D eigenvalue weighted by Gasteiger charge is -2.24. The first-order chi connectivity index (χ1) is 8.68. The van der Waals surface area contributed by atoms with Crippen molar-refractivity contribution in [2.24, 2.45) is 0 Å². The van der Waals surface area contributed by atoms with Crippen molar-refractivity contribution in [2.45, 2.75) is 52.5 Å². The van der Waals surface area contributed by atoms with E-state index >= 15 is 0 Å². The SMILES string of the molecule is CC(C)(C)c1c(C#N)n(C(C)(C)C)c2ncccc12. The first-order valence-electron chi connectivity index (χ1n) is 6.58. The molecule has 0 saturated carbocycles. The van der Waals surface area contributed by atoms with Gasteiger partial charge in [-0.3, -0.25) is 0 Å². The van der Waals surface area contributed by atoms with Crippen molar-refractivity contribution in [2.75, 3.05) is 0 Å². The molecular formula is C16H21N3. The number of rotatable bonds is 0. The molecule has 0 aliphatic heterocycles. The van der Waals surface area contributed by atoms with Gasteiger partial charge >= 0.3 is 0 Å². The number of hydrogen-bond acceptors (Lipinski definition) is 2. The van der Waals surface area contributed by atoms with Gasteiger partial charge in [0.05, 0.1) is 0 Å². The molecule has 0 N–H and O–H groups in total. The number of pyridine rings is 1. The summed E-state index contributed by atoms with van der Waals surface area (Å²) in [4.78, 5) is 4.50. The largest absolute Gasteiger partial charge is 0.311 e. The van der Waals surface area contributed by atoms with Crippen LogP contribution in [0, 0.1) is 11.3 Å². The molecule has 2 rings (SSSR count). The summed E-state index contributed by atoms with van der Waals surface area (Å²) in [5.74, 6) is 0. The smallest absolute Gasteiger partial charge is 0.141 e. The fourth-order valence-corrected chi connectivity index (χ4v) is 2.63. The highest BCUT2D eigenvalue weighted by Gasteiger charge is 2.30. The molecule has 2 aromatic heterocycles. The molecule has 0 amide bonds. The summed E-state index contributed by atoms with van der Waals surface area (Å²) in [7, 11) is 0. The molecule has 2 aromatic rings. The van der Waals surface area contributed by atoms with Gasteiger partial charge in [-0.05, 0) is 38.3 Å². The third kappa shape index (κ3) is 2.12. The van der Waals surface area contributed by atoms with Crippen LogP contribution in [0.2, 0.25) is 0 Å². The molecule has 0 aliphatic carbocycles. The maximum absolute atomic E-state index is 9.63. The predicted molar refractivity (Wildman–Crippen MR) is 78.1 cm³/mol. The van der Waals surface area contributed by atoms with E-state index in [0.29, 0.717) is 0 Å². The Kier molecular flexibility index (Phi) is 2.93. The van der Waals surface area contributed by atoms with Crippen LogP contribution in [-0.4, -0.2) is 9.55 Å². The molecule has 3 nitrogen and oxygen atoms in total. The van der Waals surface area contributed by atoms with Gasteiger partial charge in [-0.2, -0.15) is 5.26 Å². The molecule has 0 aromatic carbocycles. The minimum atomic E-state index is -0.166. The molecule has 0 aliphatic rings. The van der Waals surface area contributed by atoms with E-state index in [1.165, 1.54) is 0 Å². The van der Waals surface area contributed by atoms with Crippen molar-refractivity contribution in [3.63, 3.8) is 0 Å². The molecule has 0 radical (unpaired) electrons. The zero-order valence-corrected chi connectivity index (χ0v) is 12.6. The minimum absolute atomic E-state index is 0.0805. The summed E-state index contributed by atoms with van der Waals surface area (Å²) in [5.41, 5.74) is 2.47. The number of nitriles is 1. The van der Waals surface area contributed by atoms with Crippen LogP contribution in [0.25, 0.3) is 11.0 Å². The Balaban J connectivity index is 3.02. The normalized spacial score (nSPS) is 12.7. The standard InChI is InChI=1S/C16H21N3/c1-15(2,3)13-11-8-7-9-18-14(11)19(12(13)10-17)16(4,5)6/h7-9H,1-6H3. The van der Waals surface area contributed by atoms with Crippen molar-refractivity contribution in [1.29, 1.82) is 5.26 Å². The first kappa shape index (κ1) is 13.6. The Morgan fingerprint density at radius 2 is 1.79 bits per heavy atom. The van der Waals surface area contributed by atoms with Crippen molar-refractivity contribution in [3.8, 4) is 6.07 Å². The highest BCUT2D eigenvalue weighted by molar-refractivity contribution is 5.85. The lowest BCUT2D eigenvalue weighted by Crippen LogP contribution is -2.24. The van der Waals surface area contributed by atoms with Crippen molar-refractivity contribution in [1.82, 2.24) is 9.55 Å². The van der Waals surface area contributed by atoms with E-state index in [1.54, 1.807) is 6.20 Å².